The van der Waals surface area contributed by atoms with Gasteiger partial charge in [-0.25, -0.2) is 0 Å². The van der Waals surface area contributed by atoms with Crippen molar-refractivity contribution in [2.45, 2.75) is 33.0 Å². The zero-order chi connectivity index (χ0) is 13.7. The highest BCUT2D eigenvalue weighted by atomic mass is 79.9. The molecule has 3 nitrogen and oxygen atoms in total. The summed E-state index contributed by atoms with van der Waals surface area (Å²) in [5, 5.41) is 3.35. The topological polar surface area (TPSA) is 34.4 Å². The van der Waals surface area contributed by atoms with E-state index >= 15 is 0 Å². The molecule has 1 aromatic heterocycles. The van der Waals surface area contributed by atoms with Gasteiger partial charge in [-0.2, -0.15) is 0 Å². The highest BCUT2D eigenvalue weighted by Gasteiger charge is 2.04. The van der Waals surface area contributed by atoms with Crippen LogP contribution in [0.1, 0.15) is 25.2 Å². The Balaban J connectivity index is 1.86. The summed E-state index contributed by atoms with van der Waals surface area (Å²) in [7, 11) is 0. The van der Waals surface area contributed by atoms with Gasteiger partial charge in [-0.1, -0.05) is 35.8 Å². The number of benzene rings is 1. The van der Waals surface area contributed by atoms with Crippen LogP contribution in [0.5, 0.6) is 5.75 Å². The molecule has 0 saturated carbocycles. The van der Waals surface area contributed by atoms with E-state index < -0.39 is 0 Å². The predicted octanol–water partition coefficient (Wildman–Crippen LogP) is 4.12. The Labute approximate surface area is 122 Å². The highest BCUT2D eigenvalue weighted by molar-refractivity contribution is 9.10. The van der Waals surface area contributed by atoms with E-state index in [0.717, 1.165) is 28.1 Å². The molecule has 2 rings (SSSR count). The van der Waals surface area contributed by atoms with Crippen molar-refractivity contribution in [2.24, 2.45) is 0 Å². The molecule has 1 aromatic carbocycles. The molecule has 1 N–H and O–H groups in total. The molecule has 102 valence electrons. The maximum atomic E-state index is 5.67. The third kappa shape index (κ3) is 4.73. The van der Waals surface area contributed by atoms with Gasteiger partial charge in [0, 0.05) is 22.6 Å². The van der Waals surface area contributed by atoms with Crippen LogP contribution in [0.2, 0.25) is 0 Å². The maximum Gasteiger partial charge on any atom is 0.146 e. The summed E-state index contributed by atoms with van der Waals surface area (Å²) in [4.78, 5) is 0. The minimum atomic E-state index is 0.443. The van der Waals surface area contributed by atoms with Crippen molar-refractivity contribution in [3.63, 3.8) is 0 Å². The number of furan rings is 1. The third-order valence-electron chi connectivity index (χ3n) is 2.60. The van der Waals surface area contributed by atoms with Crippen LogP contribution >= 0.6 is 15.9 Å². The lowest BCUT2D eigenvalue weighted by Crippen LogP contribution is -2.21. The predicted molar refractivity (Wildman–Crippen MR) is 79.2 cm³/mol. The monoisotopic (exact) mass is 323 g/mol. The van der Waals surface area contributed by atoms with Gasteiger partial charge in [0.2, 0.25) is 0 Å². The van der Waals surface area contributed by atoms with Gasteiger partial charge in [0.15, 0.2) is 0 Å². The number of ether oxygens (including phenoxy) is 1. The molecular formula is C15H18BrNO2. The van der Waals surface area contributed by atoms with Crippen LogP contribution in [0.25, 0.3) is 0 Å². The molecule has 19 heavy (non-hydrogen) atoms. The molecule has 0 aliphatic heterocycles. The Morgan fingerprint density at radius 1 is 1.32 bits per heavy atom. The minimum absolute atomic E-state index is 0.443. The second kappa shape index (κ2) is 6.78. The summed E-state index contributed by atoms with van der Waals surface area (Å²) in [6.07, 6.45) is 1.77. The summed E-state index contributed by atoms with van der Waals surface area (Å²) >= 11 is 3.41. The summed E-state index contributed by atoms with van der Waals surface area (Å²) in [6.45, 7) is 5.50. The van der Waals surface area contributed by atoms with Crippen LogP contribution in [-0.2, 0) is 13.2 Å². The van der Waals surface area contributed by atoms with Crippen LogP contribution in [0.3, 0.4) is 0 Å². The number of halogens is 1. The maximum absolute atomic E-state index is 5.67. The molecule has 0 spiro atoms. The van der Waals surface area contributed by atoms with Gasteiger partial charge < -0.3 is 14.5 Å². The fraction of sp³-hybridized carbons (Fsp3) is 0.333. The first kappa shape index (κ1) is 14.2. The molecule has 0 fully saturated rings. The average Bonchev–Trinajstić information content (AvgIpc) is 2.82. The first-order valence-corrected chi connectivity index (χ1v) is 7.11. The second-order valence-corrected chi connectivity index (χ2v) is 5.62. The van der Waals surface area contributed by atoms with Crippen molar-refractivity contribution in [2.75, 3.05) is 0 Å². The van der Waals surface area contributed by atoms with E-state index in [2.05, 4.69) is 35.1 Å². The zero-order valence-corrected chi connectivity index (χ0v) is 12.7. The van der Waals surface area contributed by atoms with Gasteiger partial charge in [0.05, 0.1) is 6.26 Å². The van der Waals surface area contributed by atoms with E-state index in [1.807, 2.05) is 30.3 Å². The van der Waals surface area contributed by atoms with Crippen molar-refractivity contribution in [3.05, 3.63) is 52.4 Å². The molecule has 0 atom stereocenters. The first-order valence-electron chi connectivity index (χ1n) is 6.31. The van der Waals surface area contributed by atoms with Gasteiger partial charge in [-0.3, -0.25) is 0 Å². The Hall–Kier alpha value is -1.26. The largest absolute Gasteiger partial charge is 0.486 e. The summed E-state index contributed by atoms with van der Waals surface area (Å²) in [5.74, 6) is 1.66. The van der Waals surface area contributed by atoms with E-state index in [1.165, 1.54) is 0 Å². The summed E-state index contributed by atoms with van der Waals surface area (Å²) in [6, 6.07) is 10.3. The Kier molecular flexibility index (Phi) is 5.05. The number of hydrogen-bond donors (Lipinski definition) is 1. The van der Waals surface area contributed by atoms with Crippen LogP contribution in [-0.4, -0.2) is 6.04 Å². The van der Waals surface area contributed by atoms with E-state index in [4.69, 9.17) is 9.15 Å². The molecule has 1 heterocycles. The van der Waals surface area contributed by atoms with Crippen molar-refractivity contribution < 1.29 is 9.15 Å². The standard InChI is InChI=1S/C15H18BrNO2/c1-11(2)17-8-12-6-15(18-9-12)10-19-14-5-3-4-13(16)7-14/h3-7,9,11,17H,8,10H2,1-2H3. The number of rotatable bonds is 6. The van der Waals surface area contributed by atoms with Gasteiger partial charge in [-0.15, -0.1) is 0 Å². The smallest absolute Gasteiger partial charge is 0.146 e. The molecule has 0 unspecified atom stereocenters. The Bertz CT molecular complexity index is 522. The Morgan fingerprint density at radius 2 is 2.16 bits per heavy atom. The van der Waals surface area contributed by atoms with E-state index in [9.17, 15) is 0 Å². The zero-order valence-electron chi connectivity index (χ0n) is 11.2. The molecule has 0 amide bonds. The van der Waals surface area contributed by atoms with Crippen molar-refractivity contribution in [1.29, 1.82) is 0 Å². The molecule has 2 aromatic rings. The fourth-order valence-electron chi connectivity index (χ4n) is 1.63. The fourth-order valence-corrected chi connectivity index (χ4v) is 2.01. The summed E-state index contributed by atoms with van der Waals surface area (Å²) < 4.78 is 12.1. The summed E-state index contributed by atoms with van der Waals surface area (Å²) in [5.41, 5.74) is 1.14. The molecular weight excluding hydrogens is 306 g/mol. The lowest BCUT2D eigenvalue weighted by molar-refractivity contribution is 0.270. The highest BCUT2D eigenvalue weighted by Crippen LogP contribution is 2.19. The van der Waals surface area contributed by atoms with Crippen LogP contribution < -0.4 is 10.1 Å². The SMILES string of the molecule is CC(C)NCc1coc(COc2cccc(Br)c2)c1. The van der Waals surface area contributed by atoms with Crippen molar-refractivity contribution in [1.82, 2.24) is 5.32 Å². The molecule has 4 heteroatoms. The van der Waals surface area contributed by atoms with Crippen molar-refractivity contribution >= 4 is 15.9 Å². The van der Waals surface area contributed by atoms with Gasteiger partial charge >= 0.3 is 0 Å². The van der Waals surface area contributed by atoms with Crippen LogP contribution in [0.4, 0.5) is 0 Å². The van der Waals surface area contributed by atoms with E-state index in [1.54, 1.807) is 6.26 Å². The number of nitrogens with one attached hydrogen (secondary N) is 1. The average molecular weight is 324 g/mol. The van der Waals surface area contributed by atoms with Gasteiger partial charge in [0.25, 0.3) is 0 Å². The quantitative estimate of drug-likeness (QED) is 0.868. The minimum Gasteiger partial charge on any atom is -0.486 e. The van der Waals surface area contributed by atoms with Gasteiger partial charge in [0.1, 0.15) is 18.1 Å². The van der Waals surface area contributed by atoms with Crippen LogP contribution in [0, 0.1) is 0 Å². The van der Waals surface area contributed by atoms with E-state index in [-0.39, 0.29) is 0 Å². The molecule has 0 saturated heterocycles. The lowest BCUT2D eigenvalue weighted by atomic mass is 10.3. The lowest BCUT2D eigenvalue weighted by Gasteiger charge is -2.05. The third-order valence-corrected chi connectivity index (χ3v) is 3.09. The molecule has 0 bridgehead atoms. The molecule has 0 aliphatic carbocycles. The number of hydrogen-bond acceptors (Lipinski definition) is 3. The first-order chi connectivity index (χ1) is 9.13. The molecule has 0 aliphatic rings. The van der Waals surface area contributed by atoms with E-state index in [0.29, 0.717) is 12.6 Å². The van der Waals surface area contributed by atoms with Crippen molar-refractivity contribution in [3.8, 4) is 5.75 Å². The second-order valence-electron chi connectivity index (χ2n) is 4.70. The Morgan fingerprint density at radius 3 is 2.89 bits per heavy atom. The normalized spacial score (nSPS) is 10.9. The molecule has 0 radical (unpaired) electrons. The van der Waals surface area contributed by atoms with Gasteiger partial charge in [-0.05, 0) is 24.3 Å². The van der Waals surface area contributed by atoms with Crippen LogP contribution in [0.15, 0.2) is 45.5 Å².